The first kappa shape index (κ1) is 21.3. The Balaban J connectivity index is 1.17. The summed E-state index contributed by atoms with van der Waals surface area (Å²) in [6.07, 6.45) is 11.4. The van der Waals surface area contributed by atoms with Crippen LogP contribution in [0.1, 0.15) is 30.4 Å². The molecule has 1 aliphatic rings. The molecule has 0 radical (unpaired) electrons. The van der Waals surface area contributed by atoms with Crippen molar-refractivity contribution in [2.24, 2.45) is 0 Å². The normalized spacial score (nSPS) is 14.0. The molecule has 4 aromatic heterocycles. The summed E-state index contributed by atoms with van der Waals surface area (Å²) in [5.74, 6) is 2.45. The number of nitrogen functional groups attached to an aromatic ring is 1. The Kier molecular flexibility index (Phi) is 5.62. The lowest BCUT2D eigenvalue weighted by atomic mass is 10.1. The fraction of sp³-hybridized carbons (Fsp3) is 0.259. The number of pyridine rings is 3. The van der Waals surface area contributed by atoms with E-state index in [1.807, 2.05) is 29.1 Å². The summed E-state index contributed by atoms with van der Waals surface area (Å²) in [5.41, 5.74) is 9.17. The standard InChI is InChI=1S/C27H28N8/c28-26-22-6-4-19(14-21(22)8-10-29-26)15-32-27-23-18-35(33-24(23)9-11-30-27)17-20-5-7-25(31-16-20)34-12-2-1-3-13-34/h4-11,14,16,18H,1-3,12-13,15,17H2,(H2,28,29)(H,30,32). The van der Waals surface area contributed by atoms with E-state index in [4.69, 9.17) is 15.8 Å². The molecule has 0 amide bonds. The number of fused-ring (bicyclic) bond motifs is 2. The molecule has 1 aliphatic heterocycles. The van der Waals surface area contributed by atoms with Gasteiger partial charge in [-0.15, -0.1) is 0 Å². The maximum Gasteiger partial charge on any atom is 0.137 e. The molecule has 35 heavy (non-hydrogen) atoms. The van der Waals surface area contributed by atoms with Crippen LogP contribution in [0.25, 0.3) is 21.7 Å². The van der Waals surface area contributed by atoms with E-state index in [9.17, 15) is 0 Å². The van der Waals surface area contributed by atoms with Gasteiger partial charge in [-0.3, -0.25) is 4.68 Å². The van der Waals surface area contributed by atoms with Crippen molar-refractivity contribution in [3.05, 3.63) is 78.4 Å². The Bertz CT molecular complexity index is 1470. The lowest BCUT2D eigenvalue weighted by Gasteiger charge is -2.27. The van der Waals surface area contributed by atoms with E-state index in [-0.39, 0.29) is 0 Å². The van der Waals surface area contributed by atoms with Gasteiger partial charge in [-0.2, -0.15) is 5.10 Å². The molecule has 8 heteroatoms. The summed E-state index contributed by atoms with van der Waals surface area (Å²) >= 11 is 0. The van der Waals surface area contributed by atoms with Crippen molar-refractivity contribution in [3.8, 4) is 0 Å². The predicted molar refractivity (Wildman–Crippen MR) is 140 cm³/mol. The smallest absolute Gasteiger partial charge is 0.137 e. The Morgan fingerprint density at radius 3 is 2.57 bits per heavy atom. The maximum absolute atomic E-state index is 5.98. The summed E-state index contributed by atoms with van der Waals surface area (Å²) in [5, 5.41) is 11.3. The van der Waals surface area contributed by atoms with Gasteiger partial charge in [-0.25, -0.2) is 15.0 Å². The van der Waals surface area contributed by atoms with E-state index in [0.717, 1.165) is 57.5 Å². The van der Waals surface area contributed by atoms with E-state index >= 15 is 0 Å². The quantitative estimate of drug-likeness (QED) is 0.379. The molecule has 6 rings (SSSR count). The van der Waals surface area contributed by atoms with Crippen LogP contribution in [0, 0.1) is 0 Å². The van der Waals surface area contributed by atoms with Gasteiger partial charge in [0.2, 0.25) is 0 Å². The van der Waals surface area contributed by atoms with E-state index in [2.05, 4.69) is 50.6 Å². The van der Waals surface area contributed by atoms with Gasteiger partial charge in [0.15, 0.2) is 0 Å². The van der Waals surface area contributed by atoms with Crippen LogP contribution in [0.5, 0.6) is 0 Å². The van der Waals surface area contributed by atoms with Crippen LogP contribution >= 0.6 is 0 Å². The van der Waals surface area contributed by atoms with Crippen molar-refractivity contribution >= 4 is 39.1 Å². The predicted octanol–water partition coefficient (Wildman–Crippen LogP) is 4.61. The van der Waals surface area contributed by atoms with Gasteiger partial charge in [0.1, 0.15) is 17.5 Å². The minimum absolute atomic E-state index is 0.553. The molecular weight excluding hydrogens is 436 g/mol. The zero-order valence-corrected chi connectivity index (χ0v) is 19.6. The van der Waals surface area contributed by atoms with Gasteiger partial charge in [-0.05, 0) is 60.0 Å². The van der Waals surface area contributed by atoms with Crippen molar-refractivity contribution in [1.29, 1.82) is 0 Å². The van der Waals surface area contributed by atoms with Gasteiger partial charge in [-0.1, -0.05) is 18.2 Å². The molecule has 5 aromatic rings. The highest BCUT2D eigenvalue weighted by Gasteiger charge is 2.12. The van der Waals surface area contributed by atoms with Gasteiger partial charge in [0.25, 0.3) is 0 Å². The number of hydrogen-bond donors (Lipinski definition) is 2. The lowest BCUT2D eigenvalue weighted by Crippen LogP contribution is -2.30. The number of benzene rings is 1. The van der Waals surface area contributed by atoms with Crippen molar-refractivity contribution in [1.82, 2.24) is 24.7 Å². The third-order valence-corrected chi connectivity index (χ3v) is 6.63. The topological polar surface area (TPSA) is 97.8 Å². The summed E-state index contributed by atoms with van der Waals surface area (Å²) in [6.45, 7) is 3.52. The number of aromatic nitrogens is 5. The zero-order valence-electron chi connectivity index (χ0n) is 19.6. The monoisotopic (exact) mass is 464 g/mol. The fourth-order valence-corrected chi connectivity index (χ4v) is 4.77. The Labute approximate surface area is 203 Å². The fourth-order valence-electron chi connectivity index (χ4n) is 4.77. The summed E-state index contributed by atoms with van der Waals surface area (Å²) in [6, 6.07) is 14.4. The average molecular weight is 465 g/mol. The van der Waals surface area contributed by atoms with Gasteiger partial charge in [0, 0.05) is 49.8 Å². The molecule has 3 N–H and O–H groups in total. The third-order valence-electron chi connectivity index (χ3n) is 6.63. The molecule has 8 nitrogen and oxygen atoms in total. The number of nitrogens with two attached hydrogens (primary N) is 1. The Morgan fingerprint density at radius 1 is 0.857 bits per heavy atom. The minimum atomic E-state index is 0.553. The molecule has 176 valence electrons. The number of nitrogens with one attached hydrogen (secondary N) is 1. The van der Waals surface area contributed by atoms with Crippen LogP contribution in [0.4, 0.5) is 17.5 Å². The van der Waals surface area contributed by atoms with Crippen molar-refractivity contribution in [2.75, 3.05) is 29.0 Å². The molecule has 0 unspecified atom stereocenters. The SMILES string of the molecule is Nc1nccc2cc(CNc3nccc4nn(Cc5ccc(N6CCCCC6)nc5)cc34)ccc12. The zero-order chi connectivity index (χ0) is 23.6. The van der Waals surface area contributed by atoms with Gasteiger partial charge in [0.05, 0.1) is 17.4 Å². The van der Waals surface area contributed by atoms with Crippen molar-refractivity contribution in [3.63, 3.8) is 0 Å². The molecule has 0 bridgehead atoms. The first-order valence-corrected chi connectivity index (χ1v) is 12.1. The van der Waals surface area contributed by atoms with Crippen LogP contribution in [0.15, 0.2) is 67.3 Å². The molecule has 1 saturated heterocycles. The van der Waals surface area contributed by atoms with E-state index in [0.29, 0.717) is 18.9 Å². The number of anilines is 3. The number of rotatable bonds is 6. The largest absolute Gasteiger partial charge is 0.383 e. The van der Waals surface area contributed by atoms with Crippen LogP contribution in [-0.4, -0.2) is 37.8 Å². The highest BCUT2D eigenvalue weighted by atomic mass is 15.3. The first-order chi connectivity index (χ1) is 17.2. The van der Waals surface area contributed by atoms with E-state index in [1.165, 1.54) is 19.3 Å². The van der Waals surface area contributed by atoms with Crippen molar-refractivity contribution < 1.29 is 0 Å². The van der Waals surface area contributed by atoms with E-state index < -0.39 is 0 Å². The molecule has 0 aliphatic carbocycles. The molecule has 0 saturated carbocycles. The van der Waals surface area contributed by atoms with Crippen LogP contribution in [0.2, 0.25) is 0 Å². The number of nitrogens with zero attached hydrogens (tertiary/aromatic N) is 6. The highest BCUT2D eigenvalue weighted by Crippen LogP contribution is 2.24. The second-order valence-electron chi connectivity index (χ2n) is 9.10. The van der Waals surface area contributed by atoms with Crippen molar-refractivity contribution in [2.45, 2.75) is 32.4 Å². The molecule has 1 fully saturated rings. The first-order valence-electron chi connectivity index (χ1n) is 12.1. The minimum Gasteiger partial charge on any atom is -0.383 e. The second kappa shape index (κ2) is 9.21. The highest BCUT2D eigenvalue weighted by molar-refractivity contribution is 5.91. The molecule has 1 aromatic carbocycles. The second-order valence-corrected chi connectivity index (χ2v) is 9.10. The number of piperidine rings is 1. The summed E-state index contributed by atoms with van der Waals surface area (Å²) < 4.78 is 1.96. The molecule has 5 heterocycles. The van der Waals surface area contributed by atoms with Crippen LogP contribution in [0.3, 0.4) is 0 Å². The van der Waals surface area contributed by atoms with Crippen LogP contribution in [-0.2, 0) is 13.1 Å². The average Bonchev–Trinajstić information content (AvgIpc) is 3.31. The molecule has 0 atom stereocenters. The van der Waals surface area contributed by atoms with E-state index in [1.54, 1.807) is 12.4 Å². The Hall–Kier alpha value is -4.20. The maximum atomic E-state index is 5.98. The van der Waals surface area contributed by atoms with Gasteiger partial charge < -0.3 is 16.0 Å². The van der Waals surface area contributed by atoms with Gasteiger partial charge >= 0.3 is 0 Å². The Morgan fingerprint density at radius 2 is 1.71 bits per heavy atom. The number of hydrogen-bond acceptors (Lipinski definition) is 7. The summed E-state index contributed by atoms with van der Waals surface area (Å²) in [7, 11) is 0. The lowest BCUT2D eigenvalue weighted by molar-refractivity contribution is 0.573. The molecule has 0 spiro atoms. The molecular formula is C27H28N8. The third kappa shape index (κ3) is 4.47. The van der Waals surface area contributed by atoms with Crippen LogP contribution < -0.4 is 16.0 Å². The summed E-state index contributed by atoms with van der Waals surface area (Å²) in [4.78, 5) is 15.8.